The normalized spacial score (nSPS) is 11.5. The Kier molecular flexibility index (Phi) is 8.95. The van der Waals surface area contributed by atoms with Crippen molar-refractivity contribution in [2.45, 2.75) is 19.0 Å². The molecule has 3 amide bonds. The van der Waals surface area contributed by atoms with E-state index in [9.17, 15) is 9.59 Å². The molecule has 0 aliphatic heterocycles. The van der Waals surface area contributed by atoms with Crippen molar-refractivity contribution in [3.8, 4) is 16.9 Å². The summed E-state index contributed by atoms with van der Waals surface area (Å²) in [6.45, 7) is 0.162. The molecule has 14 heteroatoms. The van der Waals surface area contributed by atoms with Crippen LogP contribution in [0, 0.1) is 0 Å². The van der Waals surface area contributed by atoms with E-state index in [4.69, 9.17) is 28.2 Å². The molecular formula is C28H25Cl2N9O3. The number of carbonyl (C=O) groups is 2. The highest BCUT2D eigenvalue weighted by Crippen LogP contribution is 2.29. The van der Waals surface area contributed by atoms with E-state index >= 15 is 0 Å². The van der Waals surface area contributed by atoms with Gasteiger partial charge in [-0.25, -0.2) is 19.3 Å². The number of carbonyl (C=O) groups excluding carboxylic acids is 2. The fraction of sp³-hybridized carbons (Fsp3) is 0.143. The molecule has 2 heterocycles. The third-order valence-corrected chi connectivity index (χ3v) is 6.77. The number of tetrazole rings is 1. The summed E-state index contributed by atoms with van der Waals surface area (Å²) >= 11 is 12.8. The van der Waals surface area contributed by atoms with Gasteiger partial charge >= 0.3 is 12.1 Å². The highest BCUT2D eigenvalue weighted by Gasteiger charge is 2.22. The van der Waals surface area contributed by atoms with Gasteiger partial charge in [0.25, 0.3) is 0 Å². The van der Waals surface area contributed by atoms with Gasteiger partial charge in [-0.2, -0.15) is 0 Å². The summed E-state index contributed by atoms with van der Waals surface area (Å²) in [6.07, 6.45) is 1.34. The fourth-order valence-corrected chi connectivity index (χ4v) is 4.69. The molecule has 0 bridgehead atoms. The lowest BCUT2D eigenvalue weighted by molar-refractivity contribution is 0.187. The molecule has 5 rings (SSSR count). The number of rotatable bonds is 9. The van der Waals surface area contributed by atoms with E-state index in [2.05, 4.69) is 41.2 Å². The van der Waals surface area contributed by atoms with E-state index in [0.29, 0.717) is 39.5 Å². The van der Waals surface area contributed by atoms with E-state index in [1.54, 1.807) is 42.5 Å². The minimum absolute atomic E-state index is 0.162. The van der Waals surface area contributed by atoms with Gasteiger partial charge in [0, 0.05) is 22.8 Å². The summed E-state index contributed by atoms with van der Waals surface area (Å²) in [7, 11) is 1.29. The Morgan fingerprint density at radius 3 is 2.55 bits per heavy atom. The first kappa shape index (κ1) is 28.6. The molecule has 0 saturated carbocycles. The summed E-state index contributed by atoms with van der Waals surface area (Å²) in [5, 5.41) is 20.6. The van der Waals surface area contributed by atoms with Gasteiger partial charge in [0.1, 0.15) is 23.0 Å². The highest BCUT2D eigenvalue weighted by atomic mass is 35.5. The molecule has 0 fully saturated rings. The van der Waals surface area contributed by atoms with E-state index in [0.717, 1.165) is 16.7 Å². The van der Waals surface area contributed by atoms with Crippen LogP contribution in [-0.4, -0.2) is 49.4 Å². The second kappa shape index (κ2) is 13.1. The Morgan fingerprint density at radius 2 is 1.83 bits per heavy atom. The first-order valence-corrected chi connectivity index (χ1v) is 13.5. The number of benzene rings is 3. The summed E-state index contributed by atoms with van der Waals surface area (Å²) in [4.78, 5) is 32.5. The van der Waals surface area contributed by atoms with Crippen molar-refractivity contribution in [3.63, 3.8) is 0 Å². The van der Waals surface area contributed by atoms with Gasteiger partial charge in [-0.3, -0.25) is 5.32 Å². The standard InChI is InChI=1S/C28H25Cl2N9O3/c1-42-28(41)33-21-10-7-18(8-11-21)24-25(30)36-26(35-24)22(13-17-5-3-2-4-6-17)34-27(40)31-15-19-14-20(29)9-12-23(19)39-16-32-37-38-39/h2-12,14,16,22H,13,15H2,1H3,(H,33,41)(H,35,36)(H2,31,34,40)/t22-/m0/s1. The fourth-order valence-electron chi connectivity index (χ4n) is 4.25. The van der Waals surface area contributed by atoms with Crippen molar-refractivity contribution < 1.29 is 14.3 Å². The first-order chi connectivity index (χ1) is 20.4. The average Bonchev–Trinajstić information content (AvgIpc) is 3.67. The zero-order valence-electron chi connectivity index (χ0n) is 22.2. The quantitative estimate of drug-likeness (QED) is 0.177. The molecule has 12 nitrogen and oxygen atoms in total. The molecule has 3 aromatic carbocycles. The number of aromatic amines is 1. The molecule has 2 aromatic heterocycles. The number of nitrogens with one attached hydrogen (secondary N) is 4. The monoisotopic (exact) mass is 605 g/mol. The molecule has 0 saturated heterocycles. The molecule has 0 spiro atoms. The smallest absolute Gasteiger partial charge is 0.411 e. The average molecular weight is 606 g/mol. The van der Waals surface area contributed by atoms with E-state index in [1.165, 1.54) is 18.1 Å². The maximum atomic E-state index is 13.2. The number of hydrogen-bond donors (Lipinski definition) is 4. The van der Waals surface area contributed by atoms with Gasteiger partial charge in [0.15, 0.2) is 0 Å². The SMILES string of the molecule is COC(=O)Nc1ccc(-c2nc([C@H](Cc3ccccc3)NC(=O)NCc3cc(Cl)ccc3-n3cnnn3)[nH]c2Cl)cc1. The maximum Gasteiger partial charge on any atom is 0.411 e. The number of aromatic nitrogens is 6. The van der Waals surface area contributed by atoms with Crippen molar-refractivity contribution in [2.75, 3.05) is 12.4 Å². The van der Waals surface area contributed by atoms with Crippen molar-refractivity contribution >= 4 is 41.0 Å². The van der Waals surface area contributed by atoms with Crippen LogP contribution in [-0.2, 0) is 17.7 Å². The Bertz CT molecular complexity index is 1660. The summed E-state index contributed by atoms with van der Waals surface area (Å²) in [5.74, 6) is 0.475. The van der Waals surface area contributed by atoms with E-state index in [-0.39, 0.29) is 6.54 Å². The Morgan fingerprint density at radius 1 is 1.05 bits per heavy atom. The molecule has 0 aliphatic carbocycles. The lowest BCUT2D eigenvalue weighted by Gasteiger charge is -2.18. The lowest BCUT2D eigenvalue weighted by Crippen LogP contribution is -2.39. The second-order valence-corrected chi connectivity index (χ2v) is 9.89. The zero-order valence-corrected chi connectivity index (χ0v) is 23.7. The maximum absolute atomic E-state index is 13.2. The van der Waals surface area contributed by atoms with Gasteiger partial charge in [-0.15, -0.1) is 5.10 Å². The topological polar surface area (TPSA) is 152 Å². The first-order valence-electron chi connectivity index (χ1n) is 12.7. The Hall–Kier alpha value is -4.94. The molecule has 0 unspecified atom stereocenters. The third-order valence-electron chi connectivity index (χ3n) is 6.26. The number of urea groups is 1. The molecule has 0 aliphatic rings. The highest BCUT2D eigenvalue weighted by molar-refractivity contribution is 6.32. The number of imidazole rings is 1. The van der Waals surface area contributed by atoms with Gasteiger partial charge in [-0.1, -0.05) is 65.7 Å². The molecule has 42 heavy (non-hydrogen) atoms. The molecule has 1 atom stereocenters. The van der Waals surface area contributed by atoms with Crippen LogP contribution in [0.1, 0.15) is 23.0 Å². The number of H-pyrrole nitrogens is 1. The zero-order chi connectivity index (χ0) is 29.5. The predicted molar refractivity (Wildman–Crippen MR) is 157 cm³/mol. The summed E-state index contributed by atoms with van der Waals surface area (Å²) < 4.78 is 6.12. The number of methoxy groups -OCH3 is 1. The number of nitrogens with zero attached hydrogens (tertiary/aromatic N) is 5. The van der Waals surface area contributed by atoms with Crippen LogP contribution in [0.3, 0.4) is 0 Å². The molecule has 5 aromatic rings. The summed E-state index contributed by atoms with van der Waals surface area (Å²) in [5.41, 5.74) is 4.17. The van der Waals surface area contributed by atoms with E-state index < -0.39 is 18.2 Å². The van der Waals surface area contributed by atoms with Crippen molar-refractivity contribution in [2.24, 2.45) is 0 Å². The third kappa shape index (κ3) is 7.03. The minimum atomic E-state index is -0.571. The van der Waals surface area contributed by atoms with Crippen LogP contribution >= 0.6 is 23.2 Å². The number of anilines is 1. The largest absolute Gasteiger partial charge is 0.453 e. The molecular weight excluding hydrogens is 581 g/mol. The van der Waals surface area contributed by atoms with Crippen LogP contribution < -0.4 is 16.0 Å². The lowest BCUT2D eigenvalue weighted by atomic mass is 10.1. The van der Waals surface area contributed by atoms with Crippen LogP contribution in [0.25, 0.3) is 16.9 Å². The Balaban J connectivity index is 1.34. The van der Waals surface area contributed by atoms with Gasteiger partial charge < -0.3 is 20.4 Å². The second-order valence-electron chi connectivity index (χ2n) is 9.08. The molecule has 0 radical (unpaired) electrons. The number of halogens is 2. The molecule has 214 valence electrons. The van der Waals surface area contributed by atoms with Gasteiger partial charge in [0.05, 0.1) is 18.8 Å². The van der Waals surface area contributed by atoms with Crippen LogP contribution in [0.4, 0.5) is 15.3 Å². The van der Waals surface area contributed by atoms with Crippen LogP contribution in [0.5, 0.6) is 0 Å². The van der Waals surface area contributed by atoms with Crippen LogP contribution in [0.2, 0.25) is 10.2 Å². The minimum Gasteiger partial charge on any atom is -0.453 e. The van der Waals surface area contributed by atoms with Crippen LogP contribution in [0.15, 0.2) is 79.1 Å². The van der Waals surface area contributed by atoms with Gasteiger partial charge in [-0.05, 0) is 58.3 Å². The van der Waals surface area contributed by atoms with Crippen molar-refractivity contribution in [1.82, 2.24) is 40.8 Å². The van der Waals surface area contributed by atoms with Crippen molar-refractivity contribution in [1.29, 1.82) is 0 Å². The summed E-state index contributed by atoms with van der Waals surface area (Å²) in [6, 6.07) is 21.0. The Labute approximate surface area is 250 Å². The van der Waals surface area contributed by atoms with Gasteiger partial charge in [0.2, 0.25) is 0 Å². The molecule has 4 N–H and O–H groups in total. The number of amides is 3. The van der Waals surface area contributed by atoms with Crippen molar-refractivity contribution in [3.05, 3.63) is 106 Å². The predicted octanol–water partition coefficient (Wildman–Crippen LogP) is 5.32. The van der Waals surface area contributed by atoms with E-state index in [1.807, 2.05) is 30.3 Å². The number of hydrogen-bond acceptors (Lipinski definition) is 7. The number of ether oxygens (including phenoxy) is 1.